The number of nitrogens with one attached hydrogen (secondary N) is 2. The summed E-state index contributed by atoms with van der Waals surface area (Å²) in [7, 11) is 0. The van der Waals surface area contributed by atoms with Crippen LogP contribution < -0.4 is 10.6 Å². The van der Waals surface area contributed by atoms with Gasteiger partial charge >= 0.3 is 0 Å². The van der Waals surface area contributed by atoms with Crippen molar-refractivity contribution < 1.29 is 9.59 Å². The van der Waals surface area contributed by atoms with Crippen molar-refractivity contribution in [3.8, 4) is 16.6 Å². The van der Waals surface area contributed by atoms with Crippen LogP contribution in [0.1, 0.15) is 29.7 Å². The monoisotopic (exact) mass is 390 g/mol. The fourth-order valence-electron chi connectivity index (χ4n) is 3.09. The van der Waals surface area contributed by atoms with E-state index in [4.69, 9.17) is 10.2 Å². The molecule has 8 nitrogen and oxygen atoms in total. The normalized spacial score (nSPS) is 17.9. The molecular weight excluding hydrogens is 376 g/mol. The van der Waals surface area contributed by atoms with Gasteiger partial charge in [-0.3, -0.25) is 14.9 Å². The van der Waals surface area contributed by atoms with E-state index in [1.165, 1.54) is 11.3 Å². The summed E-state index contributed by atoms with van der Waals surface area (Å²) >= 11 is 1.37. The van der Waals surface area contributed by atoms with Gasteiger partial charge < -0.3 is 5.32 Å². The molecule has 0 bridgehead atoms. The van der Waals surface area contributed by atoms with Crippen molar-refractivity contribution >= 4 is 40.7 Å². The van der Waals surface area contributed by atoms with Crippen LogP contribution >= 0.6 is 11.3 Å². The number of carbonyl (C=O) groups is 2. The molecule has 2 N–H and O–H groups in total. The minimum atomic E-state index is -0.381. The van der Waals surface area contributed by atoms with Crippen LogP contribution in [0, 0.1) is 11.3 Å². The van der Waals surface area contributed by atoms with Gasteiger partial charge in [0, 0.05) is 23.2 Å². The van der Waals surface area contributed by atoms with Gasteiger partial charge in [-0.25, -0.2) is 4.98 Å². The van der Waals surface area contributed by atoms with Crippen molar-refractivity contribution in [2.75, 3.05) is 5.32 Å². The Morgan fingerprint density at radius 1 is 1.36 bits per heavy atom. The first-order valence-electron chi connectivity index (χ1n) is 8.81. The first-order chi connectivity index (χ1) is 13.6. The summed E-state index contributed by atoms with van der Waals surface area (Å²) in [6.45, 7) is 0. The van der Waals surface area contributed by atoms with Crippen molar-refractivity contribution in [1.29, 1.82) is 5.26 Å². The Hall–Kier alpha value is -3.51. The molecule has 138 valence electrons. The van der Waals surface area contributed by atoms with Crippen LogP contribution in [-0.4, -0.2) is 32.5 Å². The first kappa shape index (κ1) is 16.6. The highest BCUT2D eigenvalue weighted by atomic mass is 32.1. The summed E-state index contributed by atoms with van der Waals surface area (Å²) in [5.41, 5.74) is 2.38. The molecule has 1 saturated heterocycles. The Balaban J connectivity index is 1.65. The van der Waals surface area contributed by atoms with E-state index >= 15 is 0 Å². The molecule has 3 aromatic rings. The summed E-state index contributed by atoms with van der Waals surface area (Å²) in [6, 6.07) is 8.14. The Kier molecular flexibility index (Phi) is 3.74. The SMILES string of the molecule is N#Cc1ccc(-c2cc(NC3CC3)n3ncc(C=C4CC(=O)NC4=O)c3n2)s1. The van der Waals surface area contributed by atoms with Crippen molar-refractivity contribution in [2.45, 2.75) is 25.3 Å². The van der Waals surface area contributed by atoms with Crippen LogP contribution in [0.4, 0.5) is 5.82 Å². The van der Waals surface area contributed by atoms with Gasteiger partial charge in [0.1, 0.15) is 16.8 Å². The molecule has 0 atom stereocenters. The second kappa shape index (κ2) is 6.28. The Bertz CT molecular complexity index is 1210. The molecule has 9 heteroatoms. The second-order valence-electron chi connectivity index (χ2n) is 6.78. The average Bonchev–Trinajstić information content (AvgIpc) is 3.08. The summed E-state index contributed by atoms with van der Waals surface area (Å²) in [6.07, 6.45) is 5.58. The number of rotatable bonds is 4. The Morgan fingerprint density at radius 3 is 2.89 bits per heavy atom. The molecule has 1 aliphatic carbocycles. The maximum Gasteiger partial charge on any atom is 0.254 e. The van der Waals surface area contributed by atoms with Gasteiger partial charge in [-0.15, -0.1) is 11.3 Å². The highest BCUT2D eigenvalue weighted by Gasteiger charge is 2.26. The van der Waals surface area contributed by atoms with E-state index in [1.54, 1.807) is 22.9 Å². The molecule has 2 amide bonds. The van der Waals surface area contributed by atoms with Gasteiger partial charge in [0.25, 0.3) is 5.91 Å². The van der Waals surface area contributed by atoms with Crippen molar-refractivity contribution in [1.82, 2.24) is 19.9 Å². The van der Waals surface area contributed by atoms with Gasteiger partial charge in [-0.05, 0) is 31.1 Å². The third-order valence-electron chi connectivity index (χ3n) is 4.62. The molecule has 2 aliphatic rings. The lowest BCUT2D eigenvalue weighted by Gasteiger charge is -2.09. The van der Waals surface area contributed by atoms with E-state index in [0.717, 1.165) is 29.2 Å². The number of aromatic nitrogens is 3. The number of hydrogen-bond donors (Lipinski definition) is 2. The smallest absolute Gasteiger partial charge is 0.254 e. The molecule has 2 fully saturated rings. The largest absolute Gasteiger partial charge is 0.367 e. The fraction of sp³-hybridized carbons (Fsp3) is 0.211. The molecule has 4 heterocycles. The number of anilines is 1. The molecule has 0 unspecified atom stereocenters. The lowest BCUT2D eigenvalue weighted by Crippen LogP contribution is -2.19. The Morgan fingerprint density at radius 2 is 2.21 bits per heavy atom. The number of amides is 2. The van der Waals surface area contributed by atoms with Crippen LogP contribution in [-0.2, 0) is 9.59 Å². The fourth-order valence-corrected chi connectivity index (χ4v) is 3.86. The van der Waals surface area contributed by atoms with Crippen molar-refractivity contribution in [3.63, 3.8) is 0 Å². The molecule has 0 spiro atoms. The van der Waals surface area contributed by atoms with Crippen molar-refractivity contribution in [3.05, 3.63) is 40.4 Å². The lowest BCUT2D eigenvalue weighted by molar-refractivity contribution is -0.124. The predicted molar refractivity (Wildman–Crippen MR) is 103 cm³/mol. The molecule has 0 aromatic carbocycles. The van der Waals surface area contributed by atoms with Gasteiger partial charge in [-0.1, -0.05) is 0 Å². The first-order valence-corrected chi connectivity index (χ1v) is 9.63. The topological polar surface area (TPSA) is 112 Å². The Labute approximate surface area is 163 Å². The number of hydrogen-bond acceptors (Lipinski definition) is 7. The predicted octanol–water partition coefficient (Wildman–Crippen LogP) is 2.33. The third kappa shape index (κ3) is 2.93. The molecule has 3 aromatic heterocycles. The molecular formula is C19H14N6O2S. The number of imide groups is 1. The number of nitrogens with zero attached hydrogens (tertiary/aromatic N) is 4. The molecule has 1 saturated carbocycles. The minimum Gasteiger partial charge on any atom is -0.367 e. The zero-order valence-corrected chi connectivity index (χ0v) is 15.4. The van der Waals surface area contributed by atoms with E-state index in [0.29, 0.717) is 27.7 Å². The molecule has 0 radical (unpaired) electrons. The van der Waals surface area contributed by atoms with Crippen molar-refractivity contribution in [2.24, 2.45) is 0 Å². The summed E-state index contributed by atoms with van der Waals surface area (Å²) in [5.74, 6) is 0.125. The van der Waals surface area contributed by atoms with Crippen LogP contribution in [0.15, 0.2) is 30.0 Å². The third-order valence-corrected chi connectivity index (χ3v) is 5.63. The number of carbonyl (C=O) groups excluding carboxylic acids is 2. The maximum atomic E-state index is 11.9. The van der Waals surface area contributed by atoms with E-state index in [9.17, 15) is 9.59 Å². The van der Waals surface area contributed by atoms with E-state index in [1.807, 2.05) is 12.1 Å². The number of nitriles is 1. The van der Waals surface area contributed by atoms with E-state index < -0.39 is 0 Å². The summed E-state index contributed by atoms with van der Waals surface area (Å²) in [4.78, 5) is 29.6. The minimum absolute atomic E-state index is 0.0551. The average molecular weight is 390 g/mol. The van der Waals surface area contributed by atoms with E-state index in [-0.39, 0.29) is 18.2 Å². The van der Waals surface area contributed by atoms with Gasteiger partial charge in [0.05, 0.1) is 23.2 Å². The quantitative estimate of drug-likeness (QED) is 0.522. The van der Waals surface area contributed by atoms with Gasteiger partial charge in [0.2, 0.25) is 5.91 Å². The zero-order chi connectivity index (χ0) is 19.3. The number of fused-ring (bicyclic) bond motifs is 1. The zero-order valence-electron chi connectivity index (χ0n) is 14.6. The standard InChI is InChI=1S/C19H14N6O2S/c20-8-13-3-4-15(28-13)14-7-16(22-12-1-2-12)25-18(23-14)11(9-21-25)5-10-6-17(26)24-19(10)27/h3-5,7,9,12,22H,1-2,6H2,(H,24,26,27). The molecule has 1 aliphatic heterocycles. The van der Waals surface area contributed by atoms with Gasteiger partial charge in [-0.2, -0.15) is 14.9 Å². The highest BCUT2D eigenvalue weighted by molar-refractivity contribution is 7.15. The summed E-state index contributed by atoms with van der Waals surface area (Å²) in [5, 5.41) is 19.3. The van der Waals surface area contributed by atoms with Crippen LogP contribution in [0.5, 0.6) is 0 Å². The molecule has 28 heavy (non-hydrogen) atoms. The maximum absolute atomic E-state index is 11.9. The highest BCUT2D eigenvalue weighted by Crippen LogP contribution is 2.32. The second-order valence-corrected chi connectivity index (χ2v) is 7.86. The van der Waals surface area contributed by atoms with Crippen LogP contribution in [0.3, 0.4) is 0 Å². The van der Waals surface area contributed by atoms with Crippen LogP contribution in [0.25, 0.3) is 22.3 Å². The summed E-state index contributed by atoms with van der Waals surface area (Å²) < 4.78 is 1.71. The number of thiophene rings is 1. The van der Waals surface area contributed by atoms with E-state index in [2.05, 4.69) is 21.8 Å². The van der Waals surface area contributed by atoms with Crippen LogP contribution in [0.2, 0.25) is 0 Å². The molecule has 5 rings (SSSR count). The van der Waals surface area contributed by atoms with Gasteiger partial charge in [0.15, 0.2) is 5.65 Å². The lowest BCUT2D eigenvalue weighted by atomic mass is 10.1.